The molecule has 0 saturated heterocycles. The summed E-state index contributed by atoms with van der Waals surface area (Å²) in [5.41, 5.74) is 1.97. The van der Waals surface area contributed by atoms with Gasteiger partial charge in [-0.15, -0.1) is 0 Å². The summed E-state index contributed by atoms with van der Waals surface area (Å²) in [6, 6.07) is 5.89. The van der Waals surface area contributed by atoms with Crippen LogP contribution in [0.5, 0.6) is 28.7 Å². The van der Waals surface area contributed by atoms with Gasteiger partial charge < -0.3 is 28.8 Å². The second kappa shape index (κ2) is 8.92. The van der Waals surface area contributed by atoms with Gasteiger partial charge >= 0.3 is 0 Å². The summed E-state index contributed by atoms with van der Waals surface area (Å²) in [7, 11) is 8.06. The van der Waals surface area contributed by atoms with Gasteiger partial charge in [-0.05, 0) is 58.5 Å². The lowest BCUT2D eigenvalue weighted by Crippen LogP contribution is -2.34. The summed E-state index contributed by atoms with van der Waals surface area (Å²) in [6.07, 6.45) is 0.372. The van der Waals surface area contributed by atoms with E-state index in [1.807, 2.05) is 18.2 Å². The molecular formula is C25H31NO6. The minimum Gasteiger partial charge on any atom is -0.493 e. The van der Waals surface area contributed by atoms with Gasteiger partial charge in [0.05, 0.1) is 41.7 Å². The van der Waals surface area contributed by atoms with Crippen LogP contribution < -0.4 is 23.7 Å². The maximum Gasteiger partial charge on any atom is 0.203 e. The second-order valence-electron chi connectivity index (χ2n) is 7.96. The molecule has 1 aliphatic rings. The largest absolute Gasteiger partial charge is 0.493 e. The van der Waals surface area contributed by atoms with Crippen molar-refractivity contribution in [3.63, 3.8) is 0 Å². The summed E-state index contributed by atoms with van der Waals surface area (Å²) < 4.78 is 28.4. The number of methoxy groups -OCH3 is 5. The van der Waals surface area contributed by atoms with E-state index in [0.29, 0.717) is 35.3 Å². The minimum absolute atomic E-state index is 0.511. The Hall–Kier alpha value is -2.90. The smallest absolute Gasteiger partial charge is 0.203 e. The molecule has 1 atom stereocenters. The molecule has 7 heteroatoms. The molecule has 0 fully saturated rings. The second-order valence-corrected chi connectivity index (χ2v) is 7.96. The highest BCUT2D eigenvalue weighted by molar-refractivity contribution is 6.16. The molecule has 32 heavy (non-hydrogen) atoms. The molecule has 1 N–H and O–H groups in total. The topological polar surface area (TPSA) is 69.6 Å². The Balaban J connectivity index is 2.22. The minimum atomic E-state index is -0.645. The van der Waals surface area contributed by atoms with E-state index in [-0.39, 0.29) is 0 Å². The number of benzene rings is 3. The van der Waals surface area contributed by atoms with Crippen molar-refractivity contribution in [1.82, 2.24) is 4.90 Å². The SMILES string of the molecule is CCCN1Cc2c(c3cc(OC)c(OC)c(OC)c3c3cc(OC)c(OC)cc23)C(O)C1. The maximum absolute atomic E-state index is 11.3. The van der Waals surface area contributed by atoms with Gasteiger partial charge in [-0.25, -0.2) is 0 Å². The standard InChI is InChI=1S/C25H31NO6/c1-7-8-26-12-17-14-9-19(28-2)20(29-3)10-15(14)23-16(22(17)18(27)13-26)11-21(30-4)24(31-5)25(23)32-6/h9-11,18,27H,7-8,12-13H2,1-6H3. The zero-order chi connectivity index (χ0) is 23.0. The van der Waals surface area contributed by atoms with Crippen LogP contribution >= 0.6 is 0 Å². The molecule has 0 aliphatic carbocycles. The average Bonchev–Trinajstić information content (AvgIpc) is 2.81. The molecule has 0 spiro atoms. The van der Waals surface area contributed by atoms with Crippen molar-refractivity contribution in [1.29, 1.82) is 0 Å². The van der Waals surface area contributed by atoms with Crippen molar-refractivity contribution in [2.24, 2.45) is 0 Å². The van der Waals surface area contributed by atoms with Crippen molar-refractivity contribution >= 4 is 21.5 Å². The quantitative estimate of drug-likeness (QED) is 0.549. The normalized spacial score (nSPS) is 16.2. The first-order valence-corrected chi connectivity index (χ1v) is 10.8. The number of aliphatic hydroxyl groups is 1. The fraction of sp³-hybridized carbons (Fsp3) is 0.440. The molecule has 0 radical (unpaired) electrons. The first kappa shape index (κ1) is 22.3. The van der Waals surface area contributed by atoms with E-state index in [1.165, 1.54) is 0 Å². The number of hydrogen-bond acceptors (Lipinski definition) is 7. The summed E-state index contributed by atoms with van der Waals surface area (Å²) in [5.74, 6) is 2.89. The molecule has 172 valence electrons. The van der Waals surface area contributed by atoms with Crippen LogP contribution in [0.25, 0.3) is 21.5 Å². The molecule has 7 nitrogen and oxygen atoms in total. The third kappa shape index (κ3) is 3.36. The molecular weight excluding hydrogens is 410 g/mol. The number of rotatable bonds is 7. The van der Waals surface area contributed by atoms with Crippen molar-refractivity contribution in [3.8, 4) is 28.7 Å². The number of β-amino-alcohol motifs (C(OH)–C–C–N with tert-alkyl or cyclic N) is 1. The van der Waals surface area contributed by atoms with E-state index in [4.69, 9.17) is 23.7 Å². The lowest BCUT2D eigenvalue weighted by molar-refractivity contribution is 0.0944. The van der Waals surface area contributed by atoms with Crippen LogP contribution in [0.4, 0.5) is 0 Å². The molecule has 1 heterocycles. The Morgan fingerprint density at radius 3 is 1.97 bits per heavy atom. The highest BCUT2D eigenvalue weighted by atomic mass is 16.5. The Bertz CT molecular complexity index is 1160. The van der Waals surface area contributed by atoms with Gasteiger partial charge in [-0.1, -0.05) is 6.92 Å². The molecule has 0 amide bonds. The molecule has 3 aromatic rings. The zero-order valence-electron chi connectivity index (χ0n) is 19.6. The Morgan fingerprint density at radius 1 is 0.812 bits per heavy atom. The lowest BCUT2D eigenvalue weighted by Gasteiger charge is -2.34. The van der Waals surface area contributed by atoms with E-state index in [0.717, 1.165) is 52.2 Å². The van der Waals surface area contributed by atoms with Crippen LogP contribution in [0.15, 0.2) is 18.2 Å². The highest BCUT2D eigenvalue weighted by Gasteiger charge is 2.31. The van der Waals surface area contributed by atoms with Crippen molar-refractivity contribution in [3.05, 3.63) is 29.3 Å². The highest BCUT2D eigenvalue weighted by Crippen LogP contribution is 2.51. The predicted molar refractivity (Wildman–Crippen MR) is 125 cm³/mol. The first-order valence-electron chi connectivity index (χ1n) is 10.8. The summed E-state index contributed by atoms with van der Waals surface area (Å²) in [6.45, 7) is 4.37. The van der Waals surface area contributed by atoms with Gasteiger partial charge in [0.15, 0.2) is 23.0 Å². The van der Waals surface area contributed by atoms with Gasteiger partial charge in [0.2, 0.25) is 5.75 Å². The van der Waals surface area contributed by atoms with Crippen molar-refractivity contribution < 1.29 is 28.8 Å². The van der Waals surface area contributed by atoms with E-state index >= 15 is 0 Å². The molecule has 1 aliphatic heterocycles. The van der Waals surface area contributed by atoms with Crippen LogP contribution in [-0.2, 0) is 6.54 Å². The molecule has 1 unspecified atom stereocenters. The van der Waals surface area contributed by atoms with Crippen LogP contribution in [0.2, 0.25) is 0 Å². The number of nitrogens with zero attached hydrogens (tertiary/aromatic N) is 1. The van der Waals surface area contributed by atoms with Crippen LogP contribution in [0.3, 0.4) is 0 Å². The summed E-state index contributed by atoms with van der Waals surface area (Å²) >= 11 is 0. The molecule has 0 saturated carbocycles. The third-order valence-electron chi connectivity index (χ3n) is 6.25. The van der Waals surface area contributed by atoms with Crippen molar-refractivity contribution in [2.45, 2.75) is 26.0 Å². The Labute approximate surface area is 188 Å². The monoisotopic (exact) mass is 441 g/mol. The van der Waals surface area contributed by atoms with Gasteiger partial charge in [0, 0.05) is 18.5 Å². The summed E-state index contributed by atoms with van der Waals surface area (Å²) in [4.78, 5) is 2.28. The number of aliphatic hydroxyl groups excluding tert-OH is 1. The third-order valence-corrected chi connectivity index (χ3v) is 6.25. The van der Waals surface area contributed by atoms with E-state index in [1.54, 1.807) is 35.5 Å². The van der Waals surface area contributed by atoms with E-state index in [2.05, 4.69) is 11.8 Å². The average molecular weight is 442 g/mol. The fourth-order valence-electron chi connectivity index (χ4n) is 4.94. The van der Waals surface area contributed by atoms with Crippen molar-refractivity contribution in [2.75, 3.05) is 48.6 Å². The van der Waals surface area contributed by atoms with E-state index in [9.17, 15) is 5.11 Å². The molecule has 4 rings (SSSR count). The Morgan fingerprint density at radius 2 is 1.41 bits per heavy atom. The Kier molecular flexibility index (Phi) is 6.22. The lowest BCUT2D eigenvalue weighted by atomic mass is 9.85. The van der Waals surface area contributed by atoms with Gasteiger partial charge in [-0.3, -0.25) is 4.90 Å². The van der Waals surface area contributed by atoms with Crippen LogP contribution in [-0.4, -0.2) is 58.6 Å². The zero-order valence-corrected chi connectivity index (χ0v) is 19.6. The number of fused-ring (bicyclic) bond motifs is 6. The first-order chi connectivity index (χ1) is 15.5. The van der Waals surface area contributed by atoms with E-state index < -0.39 is 6.10 Å². The van der Waals surface area contributed by atoms with Crippen LogP contribution in [0, 0.1) is 0 Å². The predicted octanol–water partition coefficient (Wildman–Crippen LogP) is 4.30. The number of ether oxygens (including phenoxy) is 5. The van der Waals surface area contributed by atoms with Gasteiger partial charge in [0.1, 0.15) is 0 Å². The molecule has 0 aromatic heterocycles. The summed E-state index contributed by atoms with van der Waals surface area (Å²) in [5, 5.41) is 15.0. The maximum atomic E-state index is 11.3. The van der Waals surface area contributed by atoms with Crippen LogP contribution in [0.1, 0.15) is 30.6 Å². The fourth-order valence-corrected chi connectivity index (χ4v) is 4.94. The number of hydrogen-bond donors (Lipinski definition) is 1. The van der Waals surface area contributed by atoms with Gasteiger partial charge in [0.25, 0.3) is 0 Å². The van der Waals surface area contributed by atoms with Gasteiger partial charge in [-0.2, -0.15) is 0 Å². The molecule has 0 bridgehead atoms. The molecule has 3 aromatic carbocycles.